The zero-order valence-electron chi connectivity index (χ0n) is 10.4. The standard InChI is InChI=1S/C10H19N5O3/c1-7(6-18-5-4-17-3-2-16)8-13-9(11)15-10(12)14-8/h7,16H,2-6H2,1H3,(H4,11,12,13,14,15). The third-order valence-electron chi connectivity index (χ3n) is 2.10. The minimum Gasteiger partial charge on any atom is -0.394 e. The summed E-state index contributed by atoms with van der Waals surface area (Å²) in [6.45, 7) is 3.56. The summed E-state index contributed by atoms with van der Waals surface area (Å²) in [6.07, 6.45) is 0. The number of anilines is 2. The van der Waals surface area contributed by atoms with Crippen molar-refractivity contribution in [3.8, 4) is 0 Å². The van der Waals surface area contributed by atoms with E-state index in [0.29, 0.717) is 32.3 Å². The fourth-order valence-corrected chi connectivity index (χ4v) is 1.27. The predicted octanol–water partition coefficient (Wildman–Crippen LogP) is -0.835. The van der Waals surface area contributed by atoms with Gasteiger partial charge in [-0.3, -0.25) is 0 Å². The van der Waals surface area contributed by atoms with E-state index in [1.54, 1.807) is 0 Å². The van der Waals surface area contributed by atoms with Gasteiger partial charge < -0.3 is 26.0 Å². The van der Waals surface area contributed by atoms with Gasteiger partial charge in [-0.1, -0.05) is 6.92 Å². The summed E-state index contributed by atoms with van der Waals surface area (Å²) in [5, 5.41) is 8.50. The van der Waals surface area contributed by atoms with Gasteiger partial charge in [0.1, 0.15) is 5.82 Å². The fourth-order valence-electron chi connectivity index (χ4n) is 1.27. The molecule has 0 saturated heterocycles. The van der Waals surface area contributed by atoms with Crippen LogP contribution in [-0.2, 0) is 9.47 Å². The number of rotatable bonds is 8. The molecule has 0 aliphatic heterocycles. The number of nitrogen functional groups attached to an aromatic ring is 2. The Bertz CT molecular complexity index is 343. The second kappa shape index (κ2) is 7.75. The second-order valence-corrected chi connectivity index (χ2v) is 3.72. The lowest BCUT2D eigenvalue weighted by Gasteiger charge is -2.11. The van der Waals surface area contributed by atoms with Crippen LogP contribution in [0.2, 0.25) is 0 Å². The second-order valence-electron chi connectivity index (χ2n) is 3.72. The van der Waals surface area contributed by atoms with Crippen molar-refractivity contribution < 1.29 is 14.6 Å². The summed E-state index contributed by atoms with van der Waals surface area (Å²) in [5.41, 5.74) is 11.0. The molecule has 0 aliphatic rings. The van der Waals surface area contributed by atoms with E-state index in [4.69, 9.17) is 26.0 Å². The molecule has 1 aromatic rings. The first kappa shape index (κ1) is 14.6. The van der Waals surface area contributed by atoms with Crippen LogP contribution in [0.25, 0.3) is 0 Å². The minimum atomic E-state index is -0.0320. The summed E-state index contributed by atoms with van der Waals surface area (Å²) in [6, 6.07) is 0. The molecule has 0 saturated carbocycles. The van der Waals surface area contributed by atoms with Crippen LogP contribution in [0.4, 0.5) is 11.9 Å². The SMILES string of the molecule is CC(COCCOCCO)c1nc(N)nc(N)n1. The van der Waals surface area contributed by atoms with Crippen LogP contribution in [0.1, 0.15) is 18.7 Å². The molecule has 18 heavy (non-hydrogen) atoms. The highest BCUT2D eigenvalue weighted by atomic mass is 16.5. The third kappa shape index (κ3) is 5.21. The molecule has 8 nitrogen and oxygen atoms in total. The minimum absolute atomic E-state index is 0.0137. The van der Waals surface area contributed by atoms with Crippen molar-refractivity contribution in [2.24, 2.45) is 0 Å². The Morgan fingerprint density at radius 1 is 1.06 bits per heavy atom. The van der Waals surface area contributed by atoms with Gasteiger partial charge in [0.15, 0.2) is 0 Å². The van der Waals surface area contributed by atoms with Crippen LogP contribution in [0.5, 0.6) is 0 Å². The van der Waals surface area contributed by atoms with Gasteiger partial charge in [0.25, 0.3) is 0 Å². The molecular formula is C10H19N5O3. The topological polar surface area (TPSA) is 129 Å². The van der Waals surface area contributed by atoms with Crippen LogP contribution in [0.15, 0.2) is 0 Å². The molecule has 1 rings (SSSR count). The number of aromatic nitrogens is 3. The summed E-state index contributed by atoms with van der Waals surface area (Å²) >= 11 is 0. The van der Waals surface area contributed by atoms with E-state index in [1.807, 2.05) is 6.92 Å². The van der Waals surface area contributed by atoms with E-state index in [2.05, 4.69) is 15.0 Å². The molecule has 0 fully saturated rings. The van der Waals surface area contributed by atoms with Crippen LogP contribution in [0.3, 0.4) is 0 Å². The highest BCUT2D eigenvalue weighted by Crippen LogP contribution is 2.12. The maximum absolute atomic E-state index is 8.50. The van der Waals surface area contributed by atoms with Crippen molar-refractivity contribution in [1.82, 2.24) is 15.0 Å². The first-order valence-corrected chi connectivity index (χ1v) is 5.66. The van der Waals surface area contributed by atoms with Crippen molar-refractivity contribution in [2.45, 2.75) is 12.8 Å². The van der Waals surface area contributed by atoms with E-state index in [1.165, 1.54) is 0 Å². The molecule has 0 amide bonds. The highest BCUT2D eigenvalue weighted by Gasteiger charge is 2.11. The van der Waals surface area contributed by atoms with Crippen molar-refractivity contribution >= 4 is 11.9 Å². The maximum Gasteiger partial charge on any atom is 0.225 e. The van der Waals surface area contributed by atoms with Crippen molar-refractivity contribution in [2.75, 3.05) is 44.5 Å². The fraction of sp³-hybridized carbons (Fsp3) is 0.700. The molecule has 1 heterocycles. The zero-order valence-corrected chi connectivity index (χ0v) is 10.4. The molecule has 0 aromatic carbocycles. The maximum atomic E-state index is 8.50. The number of nitrogens with zero attached hydrogens (tertiary/aromatic N) is 3. The molecule has 5 N–H and O–H groups in total. The Hall–Kier alpha value is -1.51. The molecule has 1 atom stereocenters. The smallest absolute Gasteiger partial charge is 0.225 e. The number of hydrogen-bond acceptors (Lipinski definition) is 8. The van der Waals surface area contributed by atoms with Gasteiger partial charge >= 0.3 is 0 Å². The van der Waals surface area contributed by atoms with E-state index >= 15 is 0 Å². The molecule has 1 aromatic heterocycles. The number of aliphatic hydroxyl groups is 1. The Balaban J connectivity index is 2.29. The lowest BCUT2D eigenvalue weighted by atomic mass is 10.2. The normalized spacial score (nSPS) is 12.6. The van der Waals surface area contributed by atoms with Gasteiger partial charge in [-0.15, -0.1) is 0 Å². The van der Waals surface area contributed by atoms with Crippen molar-refractivity contribution in [3.05, 3.63) is 5.82 Å². The van der Waals surface area contributed by atoms with E-state index in [9.17, 15) is 0 Å². The van der Waals surface area contributed by atoms with Gasteiger partial charge in [0.05, 0.1) is 33.0 Å². The summed E-state index contributed by atoms with van der Waals surface area (Å²) in [7, 11) is 0. The Morgan fingerprint density at radius 3 is 2.28 bits per heavy atom. The van der Waals surface area contributed by atoms with Gasteiger partial charge in [-0.25, -0.2) is 0 Å². The third-order valence-corrected chi connectivity index (χ3v) is 2.10. The van der Waals surface area contributed by atoms with Crippen LogP contribution < -0.4 is 11.5 Å². The highest BCUT2D eigenvalue weighted by molar-refractivity contribution is 5.26. The van der Waals surface area contributed by atoms with Crippen molar-refractivity contribution in [1.29, 1.82) is 0 Å². The molecule has 0 radical (unpaired) electrons. The summed E-state index contributed by atoms with van der Waals surface area (Å²) in [5.74, 6) is 0.693. The average molecular weight is 257 g/mol. The molecule has 0 spiro atoms. The average Bonchev–Trinajstić information content (AvgIpc) is 2.32. The number of nitrogens with two attached hydrogens (primary N) is 2. The Morgan fingerprint density at radius 2 is 1.67 bits per heavy atom. The Kier molecular flexibility index (Phi) is 6.26. The van der Waals surface area contributed by atoms with Crippen molar-refractivity contribution in [3.63, 3.8) is 0 Å². The lowest BCUT2D eigenvalue weighted by Crippen LogP contribution is -2.14. The largest absolute Gasteiger partial charge is 0.394 e. The monoisotopic (exact) mass is 257 g/mol. The van der Waals surface area contributed by atoms with E-state index < -0.39 is 0 Å². The van der Waals surface area contributed by atoms with Gasteiger partial charge in [-0.05, 0) is 0 Å². The summed E-state index contributed by atoms with van der Waals surface area (Å²) in [4.78, 5) is 11.7. The molecule has 0 aliphatic carbocycles. The Labute approximate surface area is 105 Å². The first-order chi connectivity index (χ1) is 8.63. The van der Waals surface area contributed by atoms with Gasteiger partial charge in [0.2, 0.25) is 11.9 Å². The molecule has 102 valence electrons. The van der Waals surface area contributed by atoms with Crippen LogP contribution in [0, 0.1) is 0 Å². The lowest BCUT2D eigenvalue weighted by molar-refractivity contribution is 0.0294. The van der Waals surface area contributed by atoms with E-state index in [0.717, 1.165) is 0 Å². The van der Waals surface area contributed by atoms with E-state index in [-0.39, 0.29) is 24.4 Å². The van der Waals surface area contributed by atoms with Gasteiger partial charge in [-0.2, -0.15) is 15.0 Å². The summed E-state index contributed by atoms with van der Waals surface area (Å²) < 4.78 is 10.4. The van der Waals surface area contributed by atoms with Gasteiger partial charge in [0, 0.05) is 5.92 Å². The number of ether oxygens (including phenoxy) is 2. The number of aliphatic hydroxyl groups excluding tert-OH is 1. The van der Waals surface area contributed by atoms with Crippen LogP contribution in [-0.4, -0.2) is 53.1 Å². The van der Waals surface area contributed by atoms with Crippen LogP contribution >= 0.6 is 0 Å². The predicted molar refractivity (Wildman–Crippen MR) is 65.8 cm³/mol. The quantitative estimate of drug-likeness (QED) is 0.514. The molecular weight excluding hydrogens is 238 g/mol. The first-order valence-electron chi connectivity index (χ1n) is 5.66. The molecule has 8 heteroatoms. The molecule has 1 unspecified atom stereocenters. The number of hydrogen-bond donors (Lipinski definition) is 3. The zero-order chi connectivity index (χ0) is 13.4. The molecule has 0 bridgehead atoms.